The number of anilines is 2. The average Bonchev–Trinajstić information content (AvgIpc) is 2.76. The molecule has 1 aliphatic rings. The van der Waals surface area contributed by atoms with Crippen LogP contribution < -0.4 is 10.2 Å². The molecule has 2 aromatic carbocycles. The first-order valence-electron chi connectivity index (χ1n) is 6.68. The molecule has 4 nitrogen and oxygen atoms in total. The number of amides is 2. The van der Waals surface area contributed by atoms with Gasteiger partial charge < -0.3 is 5.32 Å². The summed E-state index contributed by atoms with van der Waals surface area (Å²) >= 11 is 4.36. The Morgan fingerprint density at radius 2 is 1.86 bits per heavy atom. The molecular weight excluding hydrogens is 364 g/mol. The number of benzene rings is 2. The van der Waals surface area contributed by atoms with Gasteiger partial charge in [0.25, 0.3) is 11.1 Å². The Hall–Kier alpha value is -1.79. The van der Waals surface area contributed by atoms with Crippen LogP contribution in [0.3, 0.4) is 0 Å². The second kappa shape index (κ2) is 6.14. The van der Waals surface area contributed by atoms with E-state index in [2.05, 4.69) is 21.2 Å². The van der Waals surface area contributed by atoms with Gasteiger partial charge in [-0.1, -0.05) is 28.1 Å². The van der Waals surface area contributed by atoms with E-state index in [0.29, 0.717) is 5.69 Å². The number of carbonyl (C=O) groups is 2. The van der Waals surface area contributed by atoms with Gasteiger partial charge in [-0.05, 0) is 60.6 Å². The lowest BCUT2D eigenvalue weighted by molar-refractivity contribution is -0.116. The summed E-state index contributed by atoms with van der Waals surface area (Å²) in [7, 11) is 0. The van der Waals surface area contributed by atoms with Gasteiger partial charge in [0.2, 0.25) is 0 Å². The van der Waals surface area contributed by atoms with Crippen LogP contribution in [-0.4, -0.2) is 16.5 Å². The van der Waals surface area contributed by atoms with Gasteiger partial charge in [0.1, 0.15) is 0 Å². The van der Waals surface area contributed by atoms with Gasteiger partial charge in [0.05, 0.1) is 5.69 Å². The third-order valence-corrected chi connectivity index (χ3v) is 4.72. The zero-order valence-electron chi connectivity index (χ0n) is 11.7. The maximum atomic E-state index is 12.5. The molecule has 0 aromatic heterocycles. The summed E-state index contributed by atoms with van der Waals surface area (Å²) in [6.45, 7) is 1.93. The Kier molecular flexibility index (Phi) is 4.22. The predicted molar refractivity (Wildman–Crippen MR) is 93.2 cm³/mol. The minimum atomic E-state index is -0.603. The topological polar surface area (TPSA) is 49.4 Å². The van der Waals surface area contributed by atoms with Gasteiger partial charge in [-0.3, -0.25) is 9.59 Å². The molecule has 22 heavy (non-hydrogen) atoms. The molecule has 0 radical (unpaired) electrons. The van der Waals surface area contributed by atoms with Crippen LogP contribution in [-0.2, 0) is 4.79 Å². The van der Waals surface area contributed by atoms with Crippen molar-refractivity contribution in [3.63, 3.8) is 0 Å². The smallest absolute Gasteiger partial charge is 0.295 e. The van der Waals surface area contributed by atoms with Crippen molar-refractivity contribution in [1.82, 2.24) is 0 Å². The Balaban J connectivity index is 1.81. The number of thioether (sulfide) groups is 1. The highest BCUT2D eigenvalue weighted by atomic mass is 79.9. The highest BCUT2D eigenvalue weighted by molar-refractivity contribution is 9.10. The molecule has 0 aliphatic carbocycles. The number of nitrogens with one attached hydrogen (secondary N) is 1. The van der Waals surface area contributed by atoms with Crippen molar-refractivity contribution in [2.75, 3.05) is 10.2 Å². The van der Waals surface area contributed by atoms with Crippen LogP contribution in [0.1, 0.15) is 5.56 Å². The highest BCUT2D eigenvalue weighted by Gasteiger charge is 2.40. The largest absolute Gasteiger partial charge is 0.365 e. The Bertz CT molecular complexity index is 733. The zero-order chi connectivity index (χ0) is 15.7. The lowest BCUT2D eigenvalue weighted by Gasteiger charge is -2.15. The Morgan fingerprint density at radius 3 is 2.55 bits per heavy atom. The fraction of sp³-hybridized carbons (Fsp3) is 0.125. The lowest BCUT2D eigenvalue weighted by Crippen LogP contribution is -2.34. The molecule has 112 valence electrons. The molecule has 0 saturated carbocycles. The van der Waals surface area contributed by atoms with Crippen LogP contribution in [0.15, 0.2) is 53.0 Å². The first-order chi connectivity index (χ1) is 10.5. The molecule has 0 bridgehead atoms. The number of halogens is 1. The maximum absolute atomic E-state index is 12.5. The van der Waals surface area contributed by atoms with Crippen LogP contribution in [0, 0.1) is 6.92 Å². The van der Waals surface area contributed by atoms with Gasteiger partial charge in [-0.25, -0.2) is 4.90 Å². The van der Waals surface area contributed by atoms with Gasteiger partial charge in [0.15, 0.2) is 5.37 Å². The molecule has 1 fully saturated rings. The van der Waals surface area contributed by atoms with Crippen molar-refractivity contribution in [2.45, 2.75) is 12.3 Å². The predicted octanol–water partition coefficient (Wildman–Crippen LogP) is 4.40. The molecule has 6 heteroatoms. The SMILES string of the molecule is Cc1cccc(N2C(=O)S[C@@H](Nc3ccc(Br)cc3)C2=O)c1. The standard InChI is InChI=1S/C16H13BrN2O2S/c1-10-3-2-4-13(9-10)19-15(20)14(22-16(19)21)18-12-7-5-11(17)6-8-12/h2-9,14,18H,1H3/t14-/m1/s1. The van der Waals surface area contributed by atoms with Gasteiger partial charge in [-0.15, -0.1) is 0 Å². The van der Waals surface area contributed by atoms with Gasteiger partial charge in [-0.2, -0.15) is 0 Å². The van der Waals surface area contributed by atoms with E-state index in [1.807, 2.05) is 49.4 Å². The molecule has 0 unspecified atom stereocenters. The van der Waals surface area contributed by atoms with E-state index in [9.17, 15) is 9.59 Å². The van der Waals surface area contributed by atoms with E-state index < -0.39 is 5.37 Å². The van der Waals surface area contributed by atoms with Crippen molar-refractivity contribution in [3.8, 4) is 0 Å². The quantitative estimate of drug-likeness (QED) is 0.862. The number of imide groups is 1. The Morgan fingerprint density at radius 1 is 1.14 bits per heavy atom. The summed E-state index contributed by atoms with van der Waals surface area (Å²) in [5, 5.41) is 2.23. The summed E-state index contributed by atoms with van der Waals surface area (Å²) in [6.07, 6.45) is 0. The minimum Gasteiger partial charge on any atom is -0.365 e. The number of nitrogens with zero attached hydrogens (tertiary/aromatic N) is 1. The molecule has 2 aromatic rings. The van der Waals surface area contributed by atoms with Crippen molar-refractivity contribution in [1.29, 1.82) is 0 Å². The number of aryl methyl sites for hydroxylation is 1. The van der Waals surface area contributed by atoms with E-state index >= 15 is 0 Å². The first kappa shape index (κ1) is 15.1. The van der Waals surface area contributed by atoms with Crippen LogP contribution in [0.4, 0.5) is 16.2 Å². The molecule has 1 saturated heterocycles. The van der Waals surface area contributed by atoms with E-state index in [-0.39, 0.29) is 11.1 Å². The van der Waals surface area contributed by atoms with Crippen LogP contribution in [0.5, 0.6) is 0 Å². The fourth-order valence-corrected chi connectivity index (χ4v) is 3.37. The van der Waals surface area contributed by atoms with Gasteiger partial charge >= 0.3 is 0 Å². The summed E-state index contributed by atoms with van der Waals surface area (Å²) in [5.41, 5.74) is 2.42. The summed E-state index contributed by atoms with van der Waals surface area (Å²) in [4.78, 5) is 25.9. The lowest BCUT2D eigenvalue weighted by atomic mass is 10.2. The maximum Gasteiger partial charge on any atom is 0.295 e. The number of hydrogen-bond acceptors (Lipinski definition) is 4. The number of carbonyl (C=O) groups excluding carboxylic acids is 2. The normalized spacial score (nSPS) is 17.9. The summed E-state index contributed by atoms with van der Waals surface area (Å²) in [6, 6.07) is 14.9. The monoisotopic (exact) mass is 376 g/mol. The summed E-state index contributed by atoms with van der Waals surface area (Å²) in [5.74, 6) is -0.247. The zero-order valence-corrected chi connectivity index (χ0v) is 14.1. The number of hydrogen-bond donors (Lipinski definition) is 1. The third kappa shape index (κ3) is 3.03. The van der Waals surface area contributed by atoms with E-state index in [0.717, 1.165) is 27.5 Å². The van der Waals surface area contributed by atoms with E-state index in [1.165, 1.54) is 4.90 Å². The molecule has 2 amide bonds. The molecule has 1 atom stereocenters. The van der Waals surface area contributed by atoms with Crippen molar-refractivity contribution in [2.24, 2.45) is 0 Å². The first-order valence-corrected chi connectivity index (χ1v) is 8.35. The average molecular weight is 377 g/mol. The van der Waals surface area contributed by atoms with Crippen molar-refractivity contribution >= 4 is 50.2 Å². The molecule has 1 N–H and O–H groups in total. The molecule has 1 aliphatic heterocycles. The second-order valence-electron chi connectivity index (χ2n) is 4.93. The molecule has 1 heterocycles. The third-order valence-electron chi connectivity index (χ3n) is 3.25. The molecule has 3 rings (SSSR count). The van der Waals surface area contributed by atoms with E-state index in [4.69, 9.17) is 0 Å². The van der Waals surface area contributed by atoms with Crippen molar-refractivity contribution in [3.05, 3.63) is 58.6 Å². The summed E-state index contributed by atoms with van der Waals surface area (Å²) < 4.78 is 0.959. The molecule has 0 spiro atoms. The van der Waals surface area contributed by atoms with E-state index in [1.54, 1.807) is 6.07 Å². The van der Waals surface area contributed by atoms with Crippen LogP contribution in [0.25, 0.3) is 0 Å². The molecular formula is C16H13BrN2O2S. The minimum absolute atomic E-state index is 0.247. The Labute approximate surface area is 141 Å². The second-order valence-corrected chi connectivity index (χ2v) is 6.90. The number of rotatable bonds is 3. The van der Waals surface area contributed by atoms with Crippen molar-refractivity contribution < 1.29 is 9.59 Å². The highest BCUT2D eigenvalue weighted by Crippen LogP contribution is 2.32. The van der Waals surface area contributed by atoms with Crippen LogP contribution in [0.2, 0.25) is 0 Å². The van der Waals surface area contributed by atoms with Gasteiger partial charge in [0, 0.05) is 10.2 Å². The van der Waals surface area contributed by atoms with Crippen LogP contribution >= 0.6 is 27.7 Å². The fourth-order valence-electron chi connectivity index (χ4n) is 2.20.